The van der Waals surface area contributed by atoms with Crippen LogP contribution in [-0.4, -0.2) is 47.4 Å². The fraction of sp³-hybridized carbons (Fsp3) is 0.609. The average Bonchev–Trinajstić information content (AvgIpc) is 2.61. The zero-order valence-corrected chi connectivity index (χ0v) is 19.2. The fourth-order valence-corrected chi connectivity index (χ4v) is 2.75. The Bertz CT molecular complexity index is 675. The topological polar surface area (TPSA) is 82.1 Å². The van der Waals surface area contributed by atoms with E-state index < -0.39 is 35.4 Å². The van der Waals surface area contributed by atoms with Crippen molar-refractivity contribution in [1.82, 2.24) is 4.90 Å². The van der Waals surface area contributed by atoms with E-state index in [1.807, 2.05) is 30.3 Å². The first-order valence-electron chi connectivity index (χ1n) is 10.2. The number of imide groups is 1. The lowest BCUT2D eigenvalue weighted by Gasteiger charge is -2.32. The molecule has 0 aliphatic heterocycles. The monoisotopic (exact) mass is 421 g/mol. The summed E-state index contributed by atoms with van der Waals surface area (Å²) in [5.74, 6) is -0.688. The van der Waals surface area contributed by atoms with Crippen molar-refractivity contribution in [2.75, 3.05) is 7.11 Å². The number of carbonyl (C=O) groups excluding carboxylic acids is 3. The molecule has 0 fully saturated rings. The molecular formula is C23H35NO6. The molecule has 0 aliphatic carbocycles. The number of hydrogen-bond donors (Lipinski definition) is 0. The van der Waals surface area contributed by atoms with Crippen LogP contribution in [0.25, 0.3) is 0 Å². The Hall–Kier alpha value is -2.57. The van der Waals surface area contributed by atoms with Gasteiger partial charge < -0.3 is 14.2 Å². The van der Waals surface area contributed by atoms with Crippen LogP contribution in [-0.2, 0) is 25.4 Å². The highest BCUT2D eigenvalue weighted by Crippen LogP contribution is 2.21. The molecule has 0 radical (unpaired) electrons. The lowest BCUT2D eigenvalue weighted by Crippen LogP contribution is -2.52. The van der Waals surface area contributed by atoms with Crippen molar-refractivity contribution in [2.45, 2.75) is 84.5 Å². The quantitative estimate of drug-likeness (QED) is 0.345. The summed E-state index contributed by atoms with van der Waals surface area (Å²) < 4.78 is 15.6. The normalized spacial score (nSPS) is 12.6. The number of esters is 1. The highest BCUT2D eigenvalue weighted by Gasteiger charge is 2.40. The molecule has 0 N–H and O–H groups in total. The minimum absolute atomic E-state index is 0.248. The molecule has 2 amide bonds. The zero-order chi connectivity index (χ0) is 22.9. The number of amides is 2. The van der Waals surface area contributed by atoms with Crippen LogP contribution in [0.5, 0.6) is 0 Å². The molecule has 7 nitrogen and oxygen atoms in total. The lowest BCUT2D eigenvalue weighted by atomic mass is 10.0. The van der Waals surface area contributed by atoms with Gasteiger partial charge in [0, 0.05) is 0 Å². The highest BCUT2D eigenvalue weighted by molar-refractivity contribution is 5.94. The maximum atomic E-state index is 12.8. The van der Waals surface area contributed by atoms with Crippen LogP contribution >= 0.6 is 0 Å². The largest absolute Gasteiger partial charge is 0.467 e. The van der Waals surface area contributed by atoms with Crippen molar-refractivity contribution in [2.24, 2.45) is 0 Å². The predicted octanol–water partition coefficient (Wildman–Crippen LogP) is 5.11. The Morgan fingerprint density at radius 1 is 0.867 bits per heavy atom. The van der Waals surface area contributed by atoms with Gasteiger partial charge in [-0.3, -0.25) is 0 Å². The third-order valence-corrected chi connectivity index (χ3v) is 4.00. The summed E-state index contributed by atoms with van der Waals surface area (Å²) in [5.41, 5.74) is -0.500. The van der Waals surface area contributed by atoms with Crippen molar-refractivity contribution < 1.29 is 28.6 Å². The second-order valence-corrected chi connectivity index (χ2v) is 9.10. The van der Waals surface area contributed by atoms with Crippen molar-refractivity contribution in [3.8, 4) is 0 Å². The molecule has 0 saturated carbocycles. The highest BCUT2D eigenvalue weighted by atomic mass is 16.6. The summed E-state index contributed by atoms with van der Waals surface area (Å²) >= 11 is 0. The van der Waals surface area contributed by atoms with Crippen LogP contribution < -0.4 is 0 Å². The number of nitrogens with zero attached hydrogens (tertiary/aromatic N) is 1. The van der Waals surface area contributed by atoms with E-state index in [-0.39, 0.29) is 6.42 Å². The summed E-state index contributed by atoms with van der Waals surface area (Å²) in [6.07, 6.45) is 0.599. The Morgan fingerprint density at radius 3 is 1.80 bits per heavy atom. The van der Waals surface area contributed by atoms with Gasteiger partial charge in [-0.05, 0) is 66.4 Å². The van der Waals surface area contributed by atoms with E-state index in [9.17, 15) is 14.4 Å². The maximum absolute atomic E-state index is 12.8. The van der Waals surface area contributed by atoms with Gasteiger partial charge in [-0.1, -0.05) is 36.8 Å². The first-order valence-corrected chi connectivity index (χ1v) is 10.2. The smallest absolute Gasteiger partial charge is 0.420 e. The third kappa shape index (κ3) is 9.29. The van der Waals surface area contributed by atoms with Crippen molar-refractivity contribution in [3.05, 3.63) is 35.9 Å². The molecule has 1 aromatic rings. The molecule has 1 aromatic carbocycles. The van der Waals surface area contributed by atoms with Gasteiger partial charge in [0.25, 0.3) is 0 Å². The molecule has 0 saturated heterocycles. The van der Waals surface area contributed by atoms with Crippen LogP contribution in [0.15, 0.2) is 30.3 Å². The maximum Gasteiger partial charge on any atom is 0.420 e. The molecule has 1 atom stereocenters. The minimum atomic E-state index is -1.13. The van der Waals surface area contributed by atoms with Gasteiger partial charge in [-0.2, -0.15) is 4.90 Å². The Morgan fingerprint density at radius 2 is 1.37 bits per heavy atom. The SMILES string of the molecule is COC(=O)C(CCCCc1ccccc1)N(C(=O)OC(C)(C)C)C(=O)OC(C)(C)C. The van der Waals surface area contributed by atoms with Gasteiger partial charge in [-0.15, -0.1) is 0 Å². The molecule has 30 heavy (non-hydrogen) atoms. The summed E-state index contributed by atoms with van der Waals surface area (Å²) in [6, 6.07) is 8.84. The van der Waals surface area contributed by atoms with Crippen molar-refractivity contribution in [1.29, 1.82) is 0 Å². The van der Waals surface area contributed by atoms with E-state index in [0.717, 1.165) is 17.7 Å². The minimum Gasteiger partial charge on any atom is -0.467 e. The van der Waals surface area contributed by atoms with Crippen molar-refractivity contribution in [3.63, 3.8) is 0 Å². The molecule has 7 heteroatoms. The number of aryl methyl sites for hydroxylation is 1. The summed E-state index contributed by atoms with van der Waals surface area (Å²) in [4.78, 5) is 38.8. The van der Waals surface area contributed by atoms with Gasteiger partial charge in [0.15, 0.2) is 0 Å². The number of methoxy groups -OCH3 is 1. The van der Waals surface area contributed by atoms with Gasteiger partial charge in [-0.25, -0.2) is 14.4 Å². The Kier molecular flexibility index (Phi) is 9.33. The number of rotatable bonds is 7. The van der Waals surface area contributed by atoms with E-state index in [0.29, 0.717) is 6.42 Å². The summed E-state index contributed by atoms with van der Waals surface area (Å²) in [5, 5.41) is 0. The zero-order valence-electron chi connectivity index (χ0n) is 19.2. The lowest BCUT2D eigenvalue weighted by molar-refractivity contribution is -0.147. The molecule has 1 rings (SSSR count). The molecule has 1 unspecified atom stereocenters. The molecule has 0 aromatic heterocycles. The average molecular weight is 422 g/mol. The van der Waals surface area contributed by atoms with Gasteiger partial charge in [0.2, 0.25) is 0 Å². The summed E-state index contributed by atoms with van der Waals surface area (Å²) in [6.45, 7) is 10.1. The Balaban J connectivity index is 2.99. The van der Waals surface area contributed by atoms with Crippen LogP contribution in [0.2, 0.25) is 0 Å². The number of ether oxygens (including phenoxy) is 3. The molecule has 168 valence electrons. The van der Waals surface area contributed by atoms with Gasteiger partial charge in [0.1, 0.15) is 17.2 Å². The first-order chi connectivity index (χ1) is 13.8. The Labute approximate surface area is 179 Å². The molecule has 0 heterocycles. The van der Waals surface area contributed by atoms with Crippen LogP contribution in [0.1, 0.15) is 66.4 Å². The van der Waals surface area contributed by atoms with Gasteiger partial charge in [0.05, 0.1) is 7.11 Å². The van der Waals surface area contributed by atoms with Gasteiger partial charge >= 0.3 is 18.2 Å². The molecule has 0 bridgehead atoms. The van der Waals surface area contributed by atoms with Crippen LogP contribution in [0.4, 0.5) is 9.59 Å². The number of hydrogen-bond acceptors (Lipinski definition) is 6. The first kappa shape index (κ1) is 25.5. The molecule has 0 spiro atoms. The van der Waals surface area contributed by atoms with E-state index in [1.165, 1.54) is 12.7 Å². The third-order valence-electron chi connectivity index (χ3n) is 4.00. The van der Waals surface area contributed by atoms with E-state index >= 15 is 0 Å². The summed E-state index contributed by atoms with van der Waals surface area (Å²) in [7, 11) is 1.22. The molecular weight excluding hydrogens is 386 g/mol. The van der Waals surface area contributed by atoms with Crippen LogP contribution in [0.3, 0.4) is 0 Å². The second kappa shape index (κ2) is 11.0. The number of unbranched alkanes of at least 4 members (excludes halogenated alkanes) is 1. The van der Waals surface area contributed by atoms with E-state index in [4.69, 9.17) is 14.2 Å². The molecule has 0 aliphatic rings. The predicted molar refractivity (Wildman–Crippen MR) is 114 cm³/mol. The number of carbonyl (C=O) groups is 3. The van der Waals surface area contributed by atoms with Crippen molar-refractivity contribution >= 4 is 18.2 Å². The fourth-order valence-electron chi connectivity index (χ4n) is 2.75. The van der Waals surface area contributed by atoms with E-state index in [2.05, 4.69) is 0 Å². The number of benzene rings is 1. The van der Waals surface area contributed by atoms with Crippen LogP contribution in [0, 0.1) is 0 Å². The standard InChI is InChI=1S/C23H35NO6/c1-22(2,3)29-20(26)24(21(27)30-23(4,5)6)18(19(25)28-7)16-12-11-15-17-13-9-8-10-14-17/h8-10,13-14,18H,11-12,15-16H2,1-7H3. The second-order valence-electron chi connectivity index (χ2n) is 9.10. The van der Waals surface area contributed by atoms with E-state index in [1.54, 1.807) is 41.5 Å².